The summed E-state index contributed by atoms with van der Waals surface area (Å²) in [5.41, 5.74) is 0. The molecular weight excluding hydrogens is 134 g/mol. The van der Waals surface area contributed by atoms with Gasteiger partial charge >= 0.3 is 5.97 Å². The zero-order chi connectivity index (χ0) is 7.56. The van der Waals surface area contributed by atoms with Gasteiger partial charge in [0.25, 0.3) is 0 Å². The first-order chi connectivity index (χ1) is 4.75. The van der Waals surface area contributed by atoms with E-state index >= 15 is 0 Å². The summed E-state index contributed by atoms with van der Waals surface area (Å²) in [6, 6.07) is -0.426. The van der Waals surface area contributed by atoms with E-state index in [1.54, 1.807) is 0 Å². The fourth-order valence-corrected chi connectivity index (χ4v) is 1.13. The summed E-state index contributed by atoms with van der Waals surface area (Å²) in [5, 5.41) is 10.1. The lowest BCUT2D eigenvalue weighted by Gasteiger charge is -2.13. The van der Waals surface area contributed by atoms with Crippen molar-refractivity contribution in [3.8, 4) is 0 Å². The van der Waals surface area contributed by atoms with Crippen molar-refractivity contribution in [1.82, 2.24) is 5.06 Å². The summed E-state index contributed by atoms with van der Waals surface area (Å²) in [6.45, 7) is 0.569. The second-order valence-corrected chi connectivity index (χ2v) is 2.34. The Labute approximate surface area is 59.3 Å². The van der Waals surface area contributed by atoms with Gasteiger partial charge in [0.15, 0.2) is 0 Å². The normalized spacial score (nSPS) is 26.8. The number of esters is 1. The van der Waals surface area contributed by atoms with Gasteiger partial charge in [0.05, 0.1) is 7.11 Å². The third kappa shape index (κ3) is 1.27. The first-order valence-corrected chi connectivity index (χ1v) is 3.29. The molecule has 0 spiro atoms. The maximum atomic E-state index is 10.8. The molecule has 0 aliphatic carbocycles. The van der Waals surface area contributed by atoms with Crippen LogP contribution in [0.25, 0.3) is 0 Å². The minimum absolute atomic E-state index is 0.347. The summed E-state index contributed by atoms with van der Waals surface area (Å²) >= 11 is 0. The molecule has 0 aromatic carbocycles. The molecule has 0 aromatic heterocycles. The van der Waals surface area contributed by atoms with Crippen LogP contribution in [0.1, 0.15) is 12.8 Å². The van der Waals surface area contributed by atoms with Crippen LogP contribution in [0.2, 0.25) is 0 Å². The number of hydrogen-bond donors (Lipinski definition) is 1. The summed E-state index contributed by atoms with van der Waals surface area (Å²) in [5.74, 6) is -0.347. The van der Waals surface area contributed by atoms with Crippen molar-refractivity contribution in [1.29, 1.82) is 0 Å². The van der Waals surface area contributed by atoms with Crippen LogP contribution in [0.3, 0.4) is 0 Å². The topological polar surface area (TPSA) is 49.8 Å². The average Bonchev–Trinajstić information content (AvgIpc) is 2.34. The van der Waals surface area contributed by atoms with Crippen LogP contribution < -0.4 is 0 Å². The first kappa shape index (κ1) is 7.50. The molecule has 0 radical (unpaired) electrons. The predicted molar refractivity (Wildman–Crippen MR) is 33.5 cm³/mol. The van der Waals surface area contributed by atoms with Gasteiger partial charge in [-0.3, -0.25) is 4.79 Å². The SMILES string of the molecule is COC(=O)C1CCCN1O. The Morgan fingerprint density at radius 2 is 2.50 bits per heavy atom. The van der Waals surface area contributed by atoms with E-state index < -0.39 is 6.04 Å². The molecule has 1 rings (SSSR count). The number of rotatable bonds is 1. The number of nitrogens with zero attached hydrogens (tertiary/aromatic N) is 1. The van der Waals surface area contributed by atoms with E-state index in [1.165, 1.54) is 7.11 Å². The molecule has 4 heteroatoms. The minimum Gasteiger partial charge on any atom is -0.468 e. The average molecular weight is 145 g/mol. The molecule has 1 aliphatic rings. The quantitative estimate of drug-likeness (QED) is 0.528. The molecule has 1 fully saturated rings. The highest BCUT2D eigenvalue weighted by Gasteiger charge is 2.30. The van der Waals surface area contributed by atoms with Crippen molar-refractivity contribution in [3.63, 3.8) is 0 Å². The van der Waals surface area contributed by atoms with Crippen LogP contribution in [0.15, 0.2) is 0 Å². The van der Waals surface area contributed by atoms with Gasteiger partial charge in [-0.25, -0.2) is 0 Å². The Morgan fingerprint density at radius 1 is 1.80 bits per heavy atom. The molecule has 58 valence electrons. The van der Waals surface area contributed by atoms with Crippen LogP contribution in [-0.4, -0.2) is 35.9 Å². The number of methoxy groups -OCH3 is 1. The number of ether oxygens (including phenoxy) is 1. The predicted octanol–water partition coefficient (Wildman–Crippen LogP) is 0.0130. The van der Waals surface area contributed by atoms with Crippen LogP contribution in [0.5, 0.6) is 0 Å². The molecule has 1 aliphatic heterocycles. The van der Waals surface area contributed by atoms with Crippen molar-refractivity contribution in [2.45, 2.75) is 18.9 Å². The van der Waals surface area contributed by atoms with Gasteiger partial charge in [-0.1, -0.05) is 0 Å². The van der Waals surface area contributed by atoms with E-state index in [-0.39, 0.29) is 5.97 Å². The second-order valence-electron chi connectivity index (χ2n) is 2.34. The van der Waals surface area contributed by atoms with E-state index in [1.807, 2.05) is 0 Å². The van der Waals surface area contributed by atoms with E-state index in [4.69, 9.17) is 5.21 Å². The van der Waals surface area contributed by atoms with Gasteiger partial charge in [0.1, 0.15) is 6.04 Å². The lowest BCUT2D eigenvalue weighted by atomic mass is 10.2. The van der Waals surface area contributed by atoms with Crippen LogP contribution in [0.4, 0.5) is 0 Å². The first-order valence-electron chi connectivity index (χ1n) is 3.29. The Morgan fingerprint density at radius 3 is 2.90 bits per heavy atom. The van der Waals surface area contributed by atoms with Crippen molar-refractivity contribution in [2.24, 2.45) is 0 Å². The molecule has 0 saturated carbocycles. The highest BCUT2D eigenvalue weighted by atomic mass is 16.5. The minimum atomic E-state index is -0.426. The third-order valence-corrected chi connectivity index (χ3v) is 1.70. The summed E-state index contributed by atoms with van der Waals surface area (Å²) in [4.78, 5) is 10.8. The largest absolute Gasteiger partial charge is 0.468 e. The molecule has 1 heterocycles. The van der Waals surface area contributed by atoms with E-state index in [2.05, 4.69) is 4.74 Å². The molecule has 0 amide bonds. The van der Waals surface area contributed by atoms with E-state index in [9.17, 15) is 4.79 Å². The second kappa shape index (κ2) is 2.98. The maximum Gasteiger partial charge on any atom is 0.325 e. The van der Waals surface area contributed by atoms with Crippen molar-refractivity contribution < 1.29 is 14.7 Å². The molecule has 1 atom stereocenters. The maximum absolute atomic E-state index is 10.8. The van der Waals surface area contributed by atoms with Gasteiger partial charge in [-0.05, 0) is 12.8 Å². The summed E-state index contributed by atoms with van der Waals surface area (Å²) in [6.07, 6.45) is 1.56. The molecule has 1 N–H and O–H groups in total. The van der Waals surface area contributed by atoms with Gasteiger partial charge < -0.3 is 9.94 Å². The van der Waals surface area contributed by atoms with Gasteiger partial charge in [-0.2, -0.15) is 5.06 Å². The molecule has 4 nitrogen and oxygen atoms in total. The van der Waals surface area contributed by atoms with Crippen LogP contribution >= 0.6 is 0 Å². The van der Waals surface area contributed by atoms with Crippen LogP contribution in [0, 0.1) is 0 Å². The number of hydrogen-bond acceptors (Lipinski definition) is 4. The van der Waals surface area contributed by atoms with Crippen molar-refractivity contribution >= 4 is 5.97 Å². The molecular formula is C6H11NO3. The number of carbonyl (C=O) groups is 1. The fraction of sp³-hybridized carbons (Fsp3) is 0.833. The molecule has 10 heavy (non-hydrogen) atoms. The standard InChI is InChI=1S/C6H11NO3/c1-10-6(8)5-3-2-4-7(5)9/h5,9H,2-4H2,1H3. The number of carbonyl (C=O) groups excluding carboxylic acids is 1. The van der Waals surface area contributed by atoms with Crippen molar-refractivity contribution in [3.05, 3.63) is 0 Å². The lowest BCUT2D eigenvalue weighted by molar-refractivity contribution is -0.164. The monoisotopic (exact) mass is 145 g/mol. The summed E-state index contributed by atoms with van der Waals surface area (Å²) < 4.78 is 4.46. The highest BCUT2D eigenvalue weighted by molar-refractivity contribution is 5.75. The smallest absolute Gasteiger partial charge is 0.325 e. The zero-order valence-corrected chi connectivity index (χ0v) is 5.91. The number of hydroxylamine groups is 2. The Balaban J connectivity index is 2.46. The fourth-order valence-electron chi connectivity index (χ4n) is 1.13. The Kier molecular flexibility index (Phi) is 2.24. The molecule has 0 aromatic rings. The van der Waals surface area contributed by atoms with Crippen LogP contribution in [-0.2, 0) is 9.53 Å². The Hall–Kier alpha value is -0.610. The Bertz CT molecular complexity index is 137. The molecule has 0 bridgehead atoms. The zero-order valence-electron chi connectivity index (χ0n) is 5.91. The van der Waals surface area contributed by atoms with E-state index in [0.717, 1.165) is 11.5 Å². The highest BCUT2D eigenvalue weighted by Crippen LogP contribution is 2.14. The third-order valence-electron chi connectivity index (χ3n) is 1.70. The van der Waals surface area contributed by atoms with Crippen molar-refractivity contribution in [2.75, 3.05) is 13.7 Å². The molecule has 1 unspecified atom stereocenters. The summed E-state index contributed by atoms with van der Waals surface area (Å²) in [7, 11) is 1.33. The van der Waals surface area contributed by atoms with Gasteiger partial charge in [0, 0.05) is 6.54 Å². The lowest BCUT2D eigenvalue weighted by Crippen LogP contribution is -2.34. The van der Waals surface area contributed by atoms with E-state index in [0.29, 0.717) is 13.0 Å². The van der Waals surface area contributed by atoms with Gasteiger partial charge in [-0.15, -0.1) is 0 Å². The van der Waals surface area contributed by atoms with Gasteiger partial charge in [0.2, 0.25) is 0 Å². The molecule has 1 saturated heterocycles.